The van der Waals surface area contributed by atoms with Crippen LogP contribution in [0.3, 0.4) is 0 Å². The van der Waals surface area contributed by atoms with Crippen LogP contribution >= 0.6 is 7.82 Å². The molecule has 0 unspecified atom stereocenters. The van der Waals surface area contributed by atoms with E-state index in [1.54, 1.807) is 0 Å². The summed E-state index contributed by atoms with van der Waals surface area (Å²) in [4.78, 5) is 39.8. The van der Waals surface area contributed by atoms with Crippen molar-refractivity contribution in [3.05, 3.63) is 0 Å². The summed E-state index contributed by atoms with van der Waals surface area (Å²) in [5.74, 6) is 0. The summed E-state index contributed by atoms with van der Waals surface area (Å²) in [6, 6.07) is 0. The summed E-state index contributed by atoms with van der Waals surface area (Å²) in [6.45, 7) is 0. The molecule has 0 spiro atoms. The minimum atomic E-state index is -4.89. The van der Waals surface area contributed by atoms with Crippen molar-refractivity contribution in [3.63, 3.8) is 0 Å². The van der Waals surface area contributed by atoms with Crippen molar-refractivity contribution in [2.45, 2.75) is 0 Å². The maximum Gasteiger partial charge on any atom is 2.00 e. The van der Waals surface area contributed by atoms with E-state index in [9.17, 15) is 0 Å². The van der Waals surface area contributed by atoms with Gasteiger partial charge in [-0.15, -0.1) is 0 Å². The smallest absolute Gasteiger partial charge is 0.756 e. The Morgan fingerprint density at radius 2 is 1.00 bits per heavy atom. The van der Waals surface area contributed by atoms with Gasteiger partial charge in [0, 0.05) is 0 Å². The van der Waals surface area contributed by atoms with Crippen molar-refractivity contribution in [1.29, 1.82) is 0 Å². The van der Waals surface area contributed by atoms with Crippen LogP contribution in [0.4, 0.5) is 9.59 Å². The van der Waals surface area contributed by atoms with E-state index in [-0.39, 0.29) is 67.3 Å². The molecule has 0 fully saturated rings. The molecule has 4 N–H and O–H groups in total. The van der Waals surface area contributed by atoms with Crippen molar-refractivity contribution in [2.75, 3.05) is 0 Å². The number of carboxylic acid groups (broad SMARTS) is 4. The van der Waals surface area contributed by atoms with Gasteiger partial charge < -0.3 is 44.7 Å². The first-order valence-corrected chi connectivity index (χ1v) is 3.56. The first-order chi connectivity index (χ1) is 5.46. The third kappa shape index (κ3) is 3000. The molecule has 0 aliphatic carbocycles. The standard InChI is InChI=1S/2CH2O3.Ca.Na.H3O4P/c2*2-1(3)4;;;1-5(2,3)4/h2*(H2,2,3,4);;;(H3,1,2,3,4)/q;;+2;+1;/p-3. The second-order valence-electron chi connectivity index (χ2n) is 1.02. The molecule has 0 saturated carbocycles. The zero-order valence-electron chi connectivity index (χ0n) is 7.39. The van der Waals surface area contributed by atoms with Crippen LogP contribution in [0, 0.1) is 0 Å². The maximum atomic E-state index is 8.77. The zero-order chi connectivity index (χ0) is 11.7. The number of rotatable bonds is 0. The topological polar surface area (TPSA) is 201 Å². The van der Waals surface area contributed by atoms with E-state index in [0.717, 1.165) is 0 Å². The van der Waals surface area contributed by atoms with Crippen molar-refractivity contribution >= 4 is 57.9 Å². The first kappa shape index (κ1) is 29.7. The Hall–Kier alpha value is 0.910. The summed E-state index contributed by atoms with van der Waals surface area (Å²) in [5, 5.41) is 30.6. The Bertz CT molecular complexity index is 171. The summed E-state index contributed by atoms with van der Waals surface area (Å²) >= 11 is 0. The molecule has 10 nitrogen and oxygen atoms in total. The number of hydrogen-bond donors (Lipinski definition) is 4. The molecule has 0 aromatic carbocycles. The SMILES string of the molecule is O=C([O-])O.O=C([O-])O.O=P([O-])(O)O.[Ca+2].[Na+]. The number of hydrogen-bond acceptors (Lipinski definition) is 6. The van der Waals surface area contributed by atoms with Crippen LogP contribution in [0.5, 0.6) is 0 Å². The summed E-state index contributed by atoms with van der Waals surface area (Å²) in [6.07, 6.45) is -4.17. The Morgan fingerprint density at radius 1 is 1.00 bits per heavy atom. The number of phosphoric acid groups is 1. The molecule has 0 rings (SSSR count). The molecule has 13 heteroatoms. The van der Waals surface area contributed by atoms with E-state index in [0.29, 0.717) is 0 Å². The molecule has 0 aromatic rings. The van der Waals surface area contributed by atoms with Gasteiger partial charge in [-0.3, -0.25) is 4.57 Å². The molecule has 0 saturated heterocycles. The van der Waals surface area contributed by atoms with Gasteiger partial charge in [0.15, 0.2) is 0 Å². The fraction of sp³-hybridized carbons (Fsp3) is 0. The quantitative estimate of drug-likeness (QED) is 0.244. The molecule has 80 valence electrons. The second-order valence-corrected chi connectivity index (χ2v) is 2.00. The van der Waals surface area contributed by atoms with E-state index in [2.05, 4.69) is 0 Å². The van der Waals surface area contributed by atoms with Gasteiger partial charge in [-0.2, -0.15) is 0 Å². The minimum Gasteiger partial charge on any atom is -0.756 e. The van der Waals surface area contributed by atoms with Gasteiger partial charge in [0.05, 0.1) is 0 Å². The van der Waals surface area contributed by atoms with E-state index in [4.69, 9.17) is 49.3 Å². The molecule has 0 aliphatic heterocycles. The van der Waals surface area contributed by atoms with Crippen LogP contribution < -0.4 is 44.7 Å². The van der Waals surface area contributed by atoms with Gasteiger partial charge in [0.25, 0.3) is 7.82 Å². The Kier molecular flexibility index (Phi) is 34.3. The third-order valence-electron chi connectivity index (χ3n) is 0. The Labute approximate surface area is 135 Å². The molecule has 0 atom stereocenters. The van der Waals surface area contributed by atoms with Gasteiger partial charge in [-0.05, 0) is 0 Å². The van der Waals surface area contributed by atoms with Gasteiger partial charge in [-0.1, -0.05) is 0 Å². The average Bonchev–Trinajstić information content (AvgIpc) is 1.50. The zero-order valence-corrected chi connectivity index (χ0v) is 12.5. The first-order valence-electron chi connectivity index (χ1n) is 2.03. The third-order valence-corrected chi connectivity index (χ3v) is 0. The largest absolute Gasteiger partial charge is 2.00 e. The van der Waals surface area contributed by atoms with Crippen molar-refractivity contribution in [3.8, 4) is 0 Å². The summed E-state index contributed by atoms with van der Waals surface area (Å²) < 4.78 is 8.77. The summed E-state index contributed by atoms with van der Waals surface area (Å²) in [5.41, 5.74) is 0. The minimum absolute atomic E-state index is 0. The summed E-state index contributed by atoms with van der Waals surface area (Å²) in [7, 11) is -4.89. The molecule has 0 radical (unpaired) electrons. The van der Waals surface area contributed by atoms with Crippen LogP contribution in [-0.2, 0) is 4.57 Å². The molecule has 0 heterocycles. The predicted molar refractivity (Wildman–Crippen MR) is 33.8 cm³/mol. The van der Waals surface area contributed by atoms with E-state index >= 15 is 0 Å². The van der Waals surface area contributed by atoms with Crippen molar-refractivity contribution in [1.82, 2.24) is 0 Å². The Morgan fingerprint density at radius 3 is 1.00 bits per heavy atom. The second kappa shape index (κ2) is 17.3. The van der Waals surface area contributed by atoms with Crippen LogP contribution in [0.1, 0.15) is 0 Å². The van der Waals surface area contributed by atoms with Crippen LogP contribution in [0.2, 0.25) is 0 Å². The molecule has 15 heavy (non-hydrogen) atoms. The molecule has 0 bridgehead atoms. The molecule has 0 amide bonds. The molecular formula is C2H4CaNaO10P. The number of carbonyl (C=O) groups is 2. The maximum absolute atomic E-state index is 8.77. The van der Waals surface area contributed by atoms with Gasteiger partial charge in [0.1, 0.15) is 0 Å². The fourth-order valence-corrected chi connectivity index (χ4v) is 0. The molecule has 0 aromatic heterocycles. The monoisotopic (exact) mass is 282 g/mol. The van der Waals surface area contributed by atoms with E-state index in [1.165, 1.54) is 0 Å². The Balaban J connectivity index is -0.0000000315. The van der Waals surface area contributed by atoms with Gasteiger partial charge >= 0.3 is 67.3 Å². The van der Waals surface area contributed by atoms with Gasteiger partial charge in [-0.25, -0.2) is 0 Å². The normalized spacial score (nSPS) is 7.13. The van der Waals surface area contributed by atoms with Gasteiger partial charge in [0.2, 0.25) is 12.3 Å². The average molecular weight is 282 g/mol. The van der Waals surface area contributed by atoms with Crippen LogP contribution in [0.25, 0.3) is 0 Å². The van der Waals surface area contributed by atoms with E-state index < -0.39 is 20.1 Å². The van der Waals surface area contributed by atoms with Crippen LogP contribution in [0.15, 0.2) is 0 Å². The molecule has 0 aliphatic rings. The van der Waals surface area contributed by atoms with Crippen LogP contribution in [-0.4, -0.2) is 70.0 Å². The fourth-order valence-electron chi connectivity index (χ4n) is 0. The van der Waals surface area contributed by atoms with E-state index in [1.807, 2.05) is 0 Å². The predicted octanol–water partition coefficient (Wildman–Crippen LogP) is -7.16. The van der Waals surface area contributed by atoms with Crippen molar-refractivity contribution in [2.24, 2.45) is 0 Å². The van der Waals surface area contributed by atoms with Crippen molar-refractivity contribution < 1.29 is 78.8 Å². The molecular weight excluding hydrogens is 278 g/mol.